The second-order valence-corrected chi connectivity index (χ2v) is 4.70. The van der Waals surface area contributed by atoms with Crippen molar-refractivity contribution in [3.8, 4) is 17.2 Å². The summed E-state index contributed by atoms with van der Waals surface area (Å²) in [6.45, 7) is 1.95. The monoisotopic (exact) mass is 316 g/mol. The van der Waals surface area contributed by atoms with Crippen LogP contribution in [0.2, 0.25) is 0 Å². The van der Waals surface area contributed by atoms with Crippen LogP contribution in [0.15, 0.2) is 10.5 Å². The smallest absolute Gasteiger partial charge is 0.167 e. The third-order valence-corrected chi connectivity index (χ3v) is 3.35. The van der Waals surface area contributed by atoms with Crippen molar-refractivity contribution in [2.24, 2.45) is 0 Å². The van der Waals surface area contributed by atoms with Crippen LogP contribution >= 0.6 is 15.9 Å². The zero-order valence-electron chi connectivity index (χ0n) is 11.0. The van der Waals surface area contributed by atoms with Gasteiger partial charge in [-0.15, -0.1) is 0 Å². The number of carbonyl (C=O) groups is 1. The maximum absolute atomic E-state index is 10.7. The Labute approximate surface area is 115 Å². The topological polar surface area (TPSA) is 44.8 Å². The summed E-state index contributed by atoms with van der Waals surface area (Å²) in [7, 11) is 4.73. The lowest BCUT2D eigenvalue weighted by molar-refractivity contribution is -0.108. The summed E-state index contributed by atoms with van der Waals surface area (Å²) < 4.78 is 16.8. The number of halogens is 1. The van der Waals surface area contributed by atoms with E-state index in [0.29, 0.717) is 23.7 Å². The summed E-state index contributed by atoms with van der Waals surface area (Å²) in [5.41, 5.74) is 0.832. The largest absolute Gasteiger partial charge is 0.495 e. The number of hydrogen-bond donors (Lipinski definition) is 0. The lowest BCUT2D eigenvalue weighted by Gasteiger charge is -2.21. The quantitative estimate of drug-likeness (QED) is 0.756. The first-order valence-corrected chi connectivity index (χ1v) is 6.31. The zero-order valence-corrected chi connectivity index (χ0v) is 12.5. The minimum absolute atomic E-state index is 0.0150. The summed E-state index contributed by atoms with van der Waals surface area (Å²) in [6.07, 6.45) is 1.28. The third-order valence-electron chi connectivity index (χ3n) is 2.76. The fourth-order valence-electron chi connectivity index (χ4n) is 1.89. The van der Waals surface area contributed by atoms with Crippen LogP contribution in [0.25, 0.3) is 0 Å². The Kier molecular flexibility index (Phi) is 5.47. The lowest BCUT2D eigenvalue weighted by atomic mass is 9.96. The van der Waals surface area contributed by atoms with Crippen molar-refractivity contribution in [3.63, 3.8) is 0 Å². The highest BCUT2D eigenvalue weighted by Gasteiger charge is 2.23. The fourth-order valence-corrected chi connectivity index (χ4v) is 2.47. The van der Waals surface area contributed by atoms with Crippen LogP contribution in [0.3, 0.4) is 0 Å². The molecule has 0 aromatic heterocycles. The van der Waals surface area contributed by atoms with E-state index < -0.39 is 0 Å². The molecule has 0 N–H and O–H groups in total. The molecule has 5 heteroatoms. The van der Waals surface area contributed by atoms with Crippen LogP contribution in [0, 0.1) is 0 Å². The normalized spacial score (nSPS) is 11.8. The van der Waals surface area contributed by atoms with Crippen LogP contribution in [-0.2, 0) is 4.79 Å². The number of carbonyl (C=O) groups excluding carboxylic acids is 1. The van der Waals surface area contributed by atoms with Crippen molar-refractivity contribution in [3.05, 3.63) is 16.1 Å². The van der Waals surface area contributed by atoms with Gasteiger partial charge in [-0.2, -0.15) is 0 Å². The van der Waals surface area contributed by atoms with E-state index in [9.17, 15) is 4.79 Å². The van der Waals surface area contributed by atoms with Gasteiger partial charge in [0.25, 0.3) is 0 Å². The first-order chi connectivity index (χ1) is 8.60. The second kappa shape index (κ2) is 6.64. The van der Waals surface area contributed by atoms with E-state index in [-0.39, 0.29) is 5.92 Å². The molecular formula is C13H17BrO4. The molecule has 0 amide bonds. The van der Waals surface area contributed by atoms with Gasteiger partial charge < -0.3 is 19.0 Å². The molecule has 0 saturated heterocycles. The molecule has 0 bridgehead atoms. The Hall–Kier alpha value is -1.23. The van der Waals surface area contributed by atoms with E-state index in [0.717, 1.165) is 16.3 Å². The first kappa shape index (κ1) is 14.8. The molecule has 0 aliphatic heterocycles. The van der Waals surface area contributed by atoms with Gasteiger partial charge in [0.2, 0.25) is 0 Å². The zero-order chi connectivity index (χ0) is 13.7. The molecular weight excluding hydrogens is 300 g/mol. The third kappa shape index (κ3) is 2.77. The molecule has 0 aliphatic rings. The van der Waals surface area contributed by atoms with Crippen LogP contribution in [0.1, 0.15) is 24.8 Å². The van der Waals surface area contributed by atoms with Crippen LogP contribution < -0.4 is 14.2 Å². The molecule has 100 valence electrons. The molecule has 0 saturated carbocycles. The highest BCUT2D eigenvalue weighted by atomic mass is 79.9. The van der Waals surface area contributed by atoms with Gasteiger partial charge in [-0.1, -0.05) is 6.92 Å². The van der Waals surface area contributed by atoms with E-state index in [1.54, 1.807) is 27.4 Å². The minimum Gasteiger partial charge on any atom is -0.495 e. The highest BCUT2D eigenvalue weighted by molar-refractivity contribution is 9.10. The molecule has 1 atom stereocenters. The van der Waals surface area contributed by atoms with Crippen molar-refractivity contribution >= 4 is 22.2 Å². The maximum Gasteiger partial charge on any atom is 0.167 e. The minimum atomic E-state index is -0.0150. The number of benzene rings is 1. The van der Waals surface area contributed by atoms with E-state index >= 15 is 0 Å². The van der Waals surface area contributed by atoms with Crippen LogP contribution in [-0.4, -0.2) is 27.6 Å². The Bertz CT molecular complexity index is 431. The molecule has 4 nitrogen and oxygen atoms in total. The molecule has 0 aliphatic carbocycles. The van der Waals surface area contributed by atoms with Gasteiger partial charge >= 0.3 is 0 Å². The SMILES string of the molecule is COc1cc(Br)c(OC)c(C(C)CC=O)c1OC. The Morgan fingerprint density at radius 2 is 1.83 bits per heavy atom. The van der Waals surface area contributed by atoms with Crippen LogP contribution in [0.4, 0.5) is 0 Å². The number of hydrogen-bond acceptors (Lipinski definition) is 4. The summed E-state index contributed by atoms with van der Waals surface area (Å²) in [4.78, 5) is 10.7. The van der Waals surface area contributed by atoms with Crippen molar-refractivity contribution in [1.82, 2.24) is 0 Å². The first-order valence-electron chi connectivity index (χ1n) is 5.52. The molecule has 0 spiro atoms. The summed E-state index contributed by atoms with van der Waals surface area (Å²) in [5.74, 6) is 1.87. The van der Waals surface area contributed by atoms with E-state index in [2.05, 4.69) is 15.9 Å². The molecule has 0 radical (unpaired) electrons. The standard InChI is InChI=1S/C13H17BrO4/c1-8(5-6-15)11-12(17-3)9(14)7-10(16-2)13(11)18-4/h6-8H,5H2,1-4H3. The predicted molar refractivity (Wildman–Crippen MR) is 72.9 cm³/mol. The van der Waals surface area contributed by atoms with E-state index in [1.807, 2.05) is 6.92 Å². The van der Waals surface area contributed by atoms with Crippen molar-refractivity contribution in [2.45, 2.75) is 19.3 Å². The van der Waals surface area contributed by atoms with Crippen molar-refractivity contribution in [2.75, 3.05) is 21.3 Å². The van der Waals surface area contributed by atoms with Gasteiger partial charge in [-0.25, -0.2) is 0 Å². The second-order valence-electron chi connectivity index (χ2n) is 3.84. The van der Waals surface area contributed by atoms with Gasteiger partial charge in [0.05, 0.1) is 25.8 Å². The van der Waals surface area contributed by atoms with Crippen molar-refractivity contribution in [1.29, 1.82) is 0 Å². The van der Waals surface area contributed by atoms with Gasteiger partial charge in [0.15, 0.2) is 11.5 Å². The average Bonchev–Trinajstić information content (AvgIpc) is 2.37. The van der Waals surface area contributed by atoms with Gasteiger partial charge in [-0.05, 0) is 21.8 Å². The Morgan fingerprint density at radius 1 is 1.22 bits per heavy atom. The predicted octanol–water partition coefficient (Wildman–Crippen LogP) is 3.17. The molecule has 0 heterocycles. The van der Waals surface area contributed by atoms with Gasteiger partial charge in [0.1, 0.15) is 12.0 Å². The van der Waals surface area contributed by atoms with Crippen molar-refractivity contribution < 1.29 is 19.0 Å². The maximum atomic E-state index is 10.7. The number of aldehydes is 1. The number of methoxy groups -OCH3 is 3. The molecule has 1 aromatic carbocycles. The molecule has 1 rings (SSSR count). The lowest BCUT2D eigenvalue weighted by Crippen LogP contribution is -2.04. The van der Waals surface area contributed by atoms with Gasteiger partial charge in [0, 0.05) is 18.1 Å². The molecule has 0 fully saturated rings. The number of rotatable bonds is 6. The number of ether oxygens (including phenoxy) is 3. The average molecular weight is 317 g/mol. The fraction of sp³-hybridized carbons (Fsp3) is 0.462. The van der Waals surface area contributed by atoms with E-state index in [1.165, 1.54) is 0 Å². The Balaban J connectivity index is 3.49. The molecule has 1 aromatic rings. The molecule has 1 unspecified atom stereocenters. The highest BCUT2D eigenvalue weighted by Crippen LogP contribution is 2.46. The van der Waals surface area contributed by atoms with Gasteiger partial charge in [-0.3, -0.25) is 0 Å². The summed E-state index contributed by atoms with van der Waals surface area (Å²) in [5, 5.41) is 0. The van der Waals surface area contributed by atoms with Crippen LogP contribution in [0.5, 0.6) is 17.2 Å². The summed E-state index contributed by atoms with van der Waals surface area (Å²) >= 11 is 3.43. The molecule has 18 heavy (non-hydrogen) atoms. The Morgan fingerprint density at radius 3 is 2.28 bits per heavy atom. The summed E-state index contributed by atoms with van der Waals surface area (Å²) in [6, 6.07) is 1.79. The van der Waals surface area contributed by atoms with E-state index in [4.69, 9.17) is 14.2 Å².